The first-order chi connectivity index (χ1) is 7.31. The second-order valence-corrected chi connectivity index (χ2v) is 3.45. The SMILES string of the molecule is CC.CCC(C)c1nc2ccccc2[nH]1.[HH]. The number of rotatable bonds is 2. The molecule has 0 fully saturated rings. The van der Waals surface area contributed by atoms with E-state index in [-0.39, 0.29) is 1.43 Å². The Morgan fingerprint density at radius 2 is 2.00 bits per heavy atom. The van der Waals surface area contributed by atoms with E-state index in [4.69, 9.17) is 0 Å². The van der Waals surface area contributed by atoms with E-state index in [1.165, 1.54) is 0 Å². The maximum atomic E-state index is 4.53. The Kier molecular flexibility index (Phi) is 4.35. The fourth-order valence-electron chi connectivity index (χ4n) is 1.40. The number of nitrogens with zero attached hydrogens (tertiary/aromatic N) is 1. The predicted molar refractivity (Wildman–Crippen MR) is 68.3 cm³/mol. The van der Waals surface area contributed by atoms with Crippen LogP contribution in [-0.4, -0.2) is 9.97 Å². The van der Waals surface area contributed by atoms with Crippen molar-refractivity contribution < 1.29 is 1.43 Å². The molecule has 0 bridgehead atoms. The molecule has 0 amide bonds. The van der Waals surface area contributed by atoms with Crippen LogP contribution in [0.5, 0.6) is 0 Å². The lowest BCUT2D eigenvalue weighted by Crippen LogP contribution is -1.92. The third-order valence-corrected chi connectivity index (χ3v) is 2.49. The summed E-state index contributed by atoms with van der Waals surface area (Å²) in [5.41, 5.74) is 2.20. The normalized spacial score (nSPS) is 12.0. The van der Waals surface area contributed by atoms with Gasteiger partial charge >= 0.3 is 0 Å². The number of benzene rings is 1. The van der Waals surface area contributed by atoms with Crippen LogP contribution >= 0.6 is 0 Å². The van der Waals surface area contributed by atoms with Crippen molar-refractivity contribution in [3.63, 3.8) is 0 Å². The average Bonchev–Trinajstić information content (AvgIpc) is 2.74. The van der Waals surface area contributed by atoms with Crippen LogP contribution in [0.15, 0.2) is 24.3 Å². The molecule has 1 unspecified atom stereocenters. The van der Waals surface area contributed by atoms with Gasteiger partial charge in [-0.2, -0.15) is 0 Å². The van der Waals surface area contributed by atoms with E-state index in [9.17, 15) is 0 Å². The van der Waals surface area contributed by atoms with Gasteiger partial charge in [-0.15, -0.1) is 0 Å². The van der Waals surface area contributed by atoms with E-state index >= 15 is 0 Å². The standard InChI is InChI=1S/C11H14N2.C2H6.H2/c1-3-8(2)11-12-9-6-4-5-7-10(9)13-11;1-2;/h4-8H,3H2,1-2H3,(H,12,13);1-2H3;1H. The minimum absolute atomic E-state index is 0. The number of hydrogen-bond donors (Lipinski definition) is 1. The Balaban J connectivity index is 0.000000711. The zero-order valence-electron chi connectivity index (χ0n) is 10.0. The summed E-state index contributed by atoms with van der Waals surface area (Å²) in [6.45, 7) is 8.37. The van der Waals surface area contributed by atoms with Crippen LogP contribution in [-0.2, 0) is 0 Å². The summed E-state index contributed by atoms with van der Waals surface area (Å²) in [4.78, 5) is 7.86. The molecule has 84 valence electrons. The molecule has 1 atom stereocenters. The lowest BCUT2D eigenvalue weighted by Gasteiger charge is -2.01. The largest absolute Gasteiger partial charge is 0.342 e. The zero-order valence-corrected chi connectivity index (χ0v) is 10.0. The van der Waals surface area contributed by atoms with Gasteiger partial charge in [0.15, 0.2) is 0 Å². The average molecular weight is 206 g/mol. The van der Waals surface area contributed by atoms with Crippen LogP contribution < -0.4 is 0 Å². The Morgan fingerprint density at radius 3 is 2.60 bits per heavy atom. The van der Waals surface area contributed by atoms with Crippen LogP contribution in [0.1, 0.15) is 47.3 Å². The number of para-hydroxylation sites is 2. The summed E-state index contributed by atoms with van der Waals surface area (Å²) >= 11 is 0. The molecule has 2 heteroatoms. The molecule has 1 aromatic heterocycles. The Hall–Kier alpha value is -1.31. The molecule has 15 heavy (non-hydrogen) atoms. The van der Waals surface area contributed by atoms with Gasteiger partial charge in [-0.25, -0.2) is 4.98 Å². The third-order valence-electron chi connectivity index (χ3n) is 2.49. The number of fused-ring (bicyclic) bond motifs is 1. The molecular formula is C13H22N2. The zero-order chi connectivity index (χ0) is 11.3. The van der Waals surface area contributed by atoms with E-state index in [0.717, 1.165) is 23.3 Å². The molecule has 0 aliphatic carbocycles. The fourth-order valence-corrected chi connectivity index (χ4v) is 1.40. The summed E-state index contributed by atoms with van der Waals surface area (Å²) in [6.07, 6.45) is 1.12. The van der Waals surface area contributed by atoms with E-state index < -0.39 is 0 Å². The number of aromatic nitrogens is 2. The maximum absolute atomic E-state index is 4.53. The molecule has 0 saturated heterocycles. The quantitative estimate of drug-likeness (QED) is 0.777. The Morgan fingerprint density at radius 1 is 1.33 bits per heavy atom. The highest BCUT2D eigenvalue weighted by Gasteiger charge is 2.07. The van der Waals surface area contributed by atoms with Gasteiger partial charge in [-0.3, -0.25) is 0 Å². The fraction of sp³-hybridized carbons (Fsp3) is 0.462. The number of H-pyrrole nitrogens is 1. The number of hydrogen-bond acceptors (Lipinski definition) is 1. The van der Waals surface area contributed by atoms with E-state index in [2.05, 4.69) is 29.9 Å². The summed E-state index contributed by atoms with van der Waals surface area (Å²) in [5.74, 6) is 1.62. The highest BCUT2D eigenvalue weighted by Crippen LogP contribution is 2.18. The first-order valence-corrected chi connectivity index (χ1v) is 5.76. The Labute approximate surface area is 93.2 Å². The van der Waals surface area contributed by atoms with Crippen molar-refractivity contribution in [2.24, 2.45) is 0 Å². The molecule has 1 N–H and O–H groups in total. The van der Waals surface area contributed by atoms with Gasteiger partial charge in [0, 0.05) is 7.34 Å². The van der Waals surface area contributed by atoms with Crippen LogP contribution in [0.4, 0.5) is 0 Å². The smallest absolute Gasteiger partial charge is 0.110 e. The summed E-state index contributed by atoms with van der Waals surface area (Å²) < 4.78 is 0. The molecule has 2 nitrogen and oxygen atoms in total. The summed E-state index contributed by atoms with van der Waals surface area (Å²) in [7, 11) is 0. The lowest BCUT2D eigenvalue weighted by atomic mass is 10.1. The molecule has 0 aliphatic heterocycles. The van der Waals surface area contributed by atoms with Crippen molar-refractivity contribution in [2.75, 3.05) is 0 Å². The van der Waals surface area contributed by atoms with Crippen molar-refractivity contribution in [1.82, 2.24) is 9.97 Å². The first kappa shape index (κ1) is 11.8. The van der Waals surface area contributed by atoms with Crippen LogP contribution in [0, 0.1) is 0 Å². The van der Waals surface area contributed by atoms with Crippen LogP contribution in [0.3, 0.4) is 0 Å². The van der Waals surface area contributed by atoms with Crippen molar-refractivity contribution in [3.8, 4) is 0 Å². The van der Waals surface area contributed by atoms with Gasteiger partial charge in [-0.05, 0) is 18.6 Å². The van der Waals surface area contributed by atoms with Gasteiger partial charge in [-0.1, -0.05) is 39.8 Å². The molecule has 0 saturated carbocycles. The van der Waals surface area contributed by atoms with Crippen LogP contribution in [0.2, 0.25) is 0 Å². The van der Waals surface area contributed by atoms with Gasteiger partial charge < -0.3 is 4.98 Å². The highest BCUT2D eigenvalue weighted by atomic mass is 14.9. The second-order valence-electron chi connectivity index (χ2n) is 3.45. The van der Waals surface area contributed by atoms with Gasteiger partial charge in [0.05, 0.1) is 11.0 Å². The lowest BCUT2D eigenvalue weighted by molar-refractivity contribution is 0.692. The van der Waals surface area contributed by atoms with Crippen molar-refractivity contribution >= 4 is 11.0 Å². The minimum atomic E-state index is 0. The molecular weight excluding hydrogens is 184 g/mol. The molecule has 0 radical (unpaired) electrons. The highest BCUT2D eigenvalue weighted by molar-refractivity contribution is 5.74. The van der Waals surface area contributed by atoms with Gasteiger partial charge in [0.1, 0.15) is 5.82 Å². The first-order valence-electron chi connectivity index (χ1n) is 5.76. The molecule has 1 heterocycles. The van der Waals surface area contributed by atoms with Crippen LogP contribution in [0.25, 0.3) is 11.0 Å². The van der Waals surface area contributed by atoms with Gasteiger partial charge in [0.2, 0.25) is 0 Å². The van der Waals surface area contributed by atoms with E-state index in [0.29, 0.717) is 5.92 Å². The third kappa shape index (κ3) is 2.58. The molecule has 1 aromatic carbocycles. The Bertz CT molecular complexity index is 376. The van der Waals surface area contributed by atoms with Crippen molar-refractivity contribution in [1.29, 1.82) is 0 Å². The number of imidazole rings is 1. The maximum Gasteiger partial charge on any atom is 0.110 e. The minimum Gasteiger partial charge on any atom is -0.342 e. The monoisotopic (exact) mass is 206 g/mol. The molecule has 0 spiro atoms. The number of aromatic amines is 1. The predicted octanol–water partition coefficient (Wildman–Crippen LogP) is 4.35. The van der Waals surface area contributed by atoms with Crippen molar-refractivity contribution in [3.05, 3.63) is 30.1 Å². The topological polar surface area (TPSA) is 28.7 Å². The summed E-state index contributed by atoms with van der Waals surface area (Å²) in [6, 6.07) is 8.15. The van der Waals surface area contributed by atoms with Crippen molar-refractivity contribution in [2.45, 2.75) is 40.0 Å². The molecule has 0 aliphatic rings. The molecule has 2 rings (SSSR count). The number of nitrogens with one attached hydrogen (secondary N) is 1. The molecule has 2 aromatic rings. The summed E-state index contributed by atoms with van der Waals surface area (Å²) in [5, 5.41) is 0. The van der Waals surface area contributed by atoms with Gasteiger partial charge in [0.25, 0.3) is 0 Å². The van der Waals surface area contributed by atoms with E-state index in [1.807, 2.05) is 32.0 Å². The second kappa shape index (κ2) is 5.54. The van der Waals surface area contributed by atoms with E-state index in [1.54, 1.807) is 0 Å².